The molecule has 0 amide bonds. The Morgan fingerprint density at radius 3 is 2.80 bits per heavy atom. The highest BCUT2D eigenvalue weighted by molar-refractivity contribution is 9.10. The Morgan fingerprint density at radius 1 is 1.70 bits per heavy atom. The van der Waals surface area contributed by atoms with Crippen LogP contribution in [0, 0.1) is 0 Å². The minimum absolute atomic E-state index is 0.00289. The second kappa shape index (κ2) is 2.88. The fourth-order valence-electron chi connectivity index (χ4n) is 0.597. The summed E-state index contributed by atoms with van der Waals surface area (Å²) in [5.41, 5.74) is 0.660. The van der Waals surface area contributed by atoms with Crippen LogP contribution in [0.4, 0.5) is 0 Å². The van der Waals surface area contributed by atoms with Crippen LogP contribution in [-0.2, 0) is 11.2 Å². The standard InChI is InChI=1S/C6H5BrO3/c7-5-3-10-2-4(5)1-6(8)9/h2-3H,1H2,(H,8,9). The monoisotopic (exact) mass is 204 g/mol. The van der Waals surface area contributed by atoms with Crippen LogP contribution in [0.3, 0.4) is 0 Å². The molecule has 1 rings (SSSR count). The first-order valence-electron chi connectivity index (χ1n) is 2.62. The second-order valence-corrected chi connectivity index (χ2v) is 2.67. The van der Waals surface area contributed by atoms with Crippen LogP contribution in [-0.4, -0.2) is 11.1 Å². The van der Waals surface area contributed by atoms with Crippen molar-refractivity contribution in [3.63, 3.8) is 0 Å². The van der Waals surface area contributed by atoms with Gasteiger partial charge in [0.05, 0.1) is 17.2 Å². The maximum atomic E-state index is 10.2. The van der Waals surface area contributed by atoms with Gasteiger partial charge < -0.3 is 9.52 Å². The molecule has 1 heterocycles. The van der Waals surface area contributed by atoms with E-state index in [4.69, 9.17) is 9.52 Å². The molecule has 0 fully saturated rings. The maximum absolute atomic E-state index is 10.2. The van der Waals surface area contributed by atoms with Gasteiger partial charge in [-0.1, -0.05) is 0 Å². The number of aliphatic carboxylic acids is 1. The quantitative estimate of drug-likeness (QED) is 0.798. The van der Waals surface area contributed by atoms with Crippen LogP contribution in [0.25, 0.3) is 0 Å². The number of hydrogen-bond donors (Lipinski definition) is 1. The van der Waals surface area contributed by atoms with Crippen molar-refractivity contribution in [2.24, 2.45) is 0 Å². The van der Waals surface area contributed by atoms with E-state index in [-0.39, 0.29) is 6.42 Å². The molecule has 0 atom stereocenters. The first-order valence-corrected chi connectivity index (χ1v) is 3.42. The highest BCUT2D eigenvalue weighted by Gasteiger charge is 2.05. The molecule has 0 aliphatic heterocycles. The summed E-state index contributed by atoms with van der Waals surface area (Å²) in [6.45, 7) is 0. The number of carbonyl (C=O) groups is 1. The van der Waals surface area contributed by atoms with Crippen molar-refractivity contribution < 1.29 is 14.3 Å². The van der Waals surface area contributed by atoms with Gasteiger partial charge in [0.1, 0.15) is 6.26 Å². The predicted molar refractivity (Wildman–Crippen MR) is 37.7 cm³/mol. The van der Waals surface area contributed by atoms with Crippen molar-refractivity contribution in [3.05, 3.63) is 22.6 Å². The van der Waals surface area contributed by atoms with Gasteiger partial charge in [0.25, 0.3) is 0 Å². The average molecular weight is 205 g/mol. The topological polar surface area (TPSA) is 50.4 Å². The molecular weight excluding hydrogens is 200 g/mol. The van der Waals surface area contributed by atoms with Crippen LogP contribution in [0.2, 0.25) is 0 Å². The molecule has 4 heteroatoms. The van der Waals surface area contributed by atoms with E-state index in [2.05, 4.69) is 15.9 Å². The van der Waals surface area contributed by atoms with Crippen molar-refractivity contribution in [2.45, 2.75) is 6.42 Å². The van der Waals surface area contributed by atoms with Gasteiger partial charge in [-0.3, -0.25) is 4.79 Å². The van der Waals surface area contributed by atoms with Crippen molar-refractivity contribution >= 4 is 21.9 Å². The van der Waals surface area contributed by atoms with Gasteiger partial charge in [0.2, 0.25) is 0 Å². The summed E-state index contributed by atoms with van der Waals surface area (Å²) in [6.07, 6.45) is 2.87. The molecule has 0 saturated carbocycles. The zero-order valence-electron chi connectivity index (χ0n) is 5.00. The van der Waals surface area contributed by atoms with Crippen LogP contribution >= 0.6 is 15.9 Å². The summed E-state index contributed by atoms with van der Waals surface area (Å²) in [5, 5.41) is 8.35. The summed E-state index contributed by atoms with van der Waals surface area (Å²) >= 11 is 3.14. The van der Waals surface area contributed by atoms with E-state index in [1.165, 1.54) is 12.5 Å². The Kier molecular flexibility index (Phi) is 2.11. The molecule has 10 heavy (non-hydrogen) atoms. The lowest BCUT2D eigenvalue weighted by atomic mass is 10.2. The highest BCUT2D eigenvalue weighted by Crippen LogP contribution is 2.17. The Balaban J connectivity index is 2.74. The third kappa shape index (κ3) is 1.60. The molecule has 0 aliphatic carbocycles. The van der Waals surface area contributed by atoms with Crippen molar-refractivity contribution in [3.8, 4) is 0 Å². The molecule has 1 N–H and O–H groups in total. The summed E-state index contributed by atoms with van der Waals surface area (Å²) in [5.74, 6) is -0.859. The smallest absolute Gasteiger partial charge is 0.307 e. The molecule has 0 aliphatic rings. The molecule has 0 aromatic carbocycles. The van der Waals surface area contributed by atoms with Crippen LogP contribution in [0.5, 0.6) is 0 Å². The van der Waals surface area contributed by atoms with Crippen molar-refractivity contribution in [1.82, 2.24) is 0 Å². The Labute approximate surface area is 65.8 Å². The Bertz CT molecular complexity index is 241. The summed E-state index contributed by atoms with van der Waals surface area (Å²) in [4.78, 5) is 10.2. The van der Waals surface area contributed by atoms with Gasteiger partial charge in [0, 0.05) is 5.56 Å². The Hall–Kier alpha value is -0.770. The number of carboxylic acid groups (broad SMARTS) is 1. The molecule has 0 unspecified atom stereocenters. The molecule has 0 bridgehead atoms. The average Bonchev–Trinajstić information content (AvgIpc) is 2.15. The first kappa shape index (κ1) is 7.34. The molecule has 0 spiro atoms. The molecule has 3 nitrogen and oxygen atoms in total. The van der Waals surface area contributed by atoms with Gasteiger partial charge >= 0.3 is 5.97 Å². The van der Waals surface area contributed by atoms with Gasteiger partial charge in [-0.2, -0.15) is 0 Å². The van der Waals surface area contributed by atoms with Crippen molar-refractivity contribution in [2.75, 3.05) is 0 Å². The van der Waals surface area contributed by atoms with Gasteiger partial charge in [0.15, 0.2) is 0 Å². The minimum atomic E-state index is -0.859. The van der Waals surface area contributed by atoms with Gasteiger partial charge in [-0.05, 0) is 15.9 Å². The Morgan fingerprint density at radius 2 is 2.40 bits per heavy atom. The zero-order valence-corrected chi connectivity index (χ0v) is 6.59. The molecular formula is C6H5BrO3. The summed E-state index contributed by atoms with van der Waals surface area (Å²) in [6, 6.07) is 0. The molecule has 0 saturated heterocycles. The first-order chi connectivity index (χ1) is 4.70. The van der Waals surface area contributed by atoms with E-state index in [1.807, 2.05) is 0 Å². The normalized spacial score (nSPS) is 9.70. The summed E-state index contributed by atoms with van der Waals surface area (Å²) in [7, 11) is 0. The van der Waals surface area contributed by atoms with E-state index in [9.17, 15) is 4.79 Å². The lowest BCUT2D eigenvalue weighted by Crippen LogP contribution is -1.98. The molecule has 54 valence electrons. The fourth-order valence-corrected chi connectivity index (χ4v) is 0.938. The van der Waals surface area contributed by atoms with Gasteiger partial charge in [-0.15, -0.1) is 0 Å². The zero-order chi connectivity index (χ0) is 7.56. The third-order valence-corrected chi connectivity index (χ3v) is 1.73. The lowest BCUT2D eigenvalue weighted by Gasteiger charge is -1.88. The van der Waals surface area contributed by atoms with E-state index < -0.39 is 5.97 Å². The highest BCUT2D eigenvalue weighted by atomic mass is 79.9. The maximum Gasteiger partial charge on any atom is 0.307 e. The van der Waals surface area contributed by atoms with E-state index in [1.54, 1.807) is 0 Å². The fraction of sp³-hybridized carbons (Fsp3) is 0.167. The number of carboxylic acids is 1. The van der Waals surface area contributed by atoms with Gasteiger partial charge in [-0.25, -0.2) is 0 Å². The van der Waals surface area contributed by atoms with Crippen LogP contribution in [0.15, 0.2) is 21.4 Å². The number of rotatable bonds is 2. The van der Waals surface area contributed by atoms with Crippen LogP contribution in [0.1, 0.15) is 5.56 Å². The van der Waals surface area contributed by atoms with E-state index in [0.717, 1.165) is 0 Å². The summed E-state index contributed by atoms with van der Waals surface area (Å²) < 4.78 is 5.44. The molecule has 0 radical (unpaired) electrons. The lowest BCUT2D eigenvalue weighted by molar-refractivity contribution is -0.136. The third-order valence-electron chi connectivity index (χ3n) is 1.03. The number of furan rings is 1. The number of halogens is 1. The molecule has 1 aromatic rings. The largest absolute Gasteiger partial charge is 0.481 e. The van der Waals surface area contributed by atoms with E-state index in [0.29, 0.717) is 10.0 Å². The minimum Gasteiger partial charge on any atom is -0.481 e. The van der Waals surface area contributed by atoms with Crippen LogP contribution < -0.4 is 0 Å². The van der Waals surface area contributed by atoms with Crippen molar-refractivity contribution in [1.29, 1.82) is 0 Å². The molecule has 1 aromatic heterocycles. The SMILES string of the molecule is O=C(O)Cc1cocc1Br. The van der Waals surface area contributed by atoms with E-state index >= 15 is 0 Å². The number of hydrogen-bond acceptors (Lipinski definition) is 2. The second-order valence-electron chi connectivity index (χ2n) is 1.82. The predicted octanol–water partition coefficient (Wildman–Crippen LogP) is 1.67.